The maximum Gasteiger partial charge on any atom is 0.513 e. The van der Waals surface area contributed by atoms with Crippen LogP contribution < -0.4 is 15.3 Å². The van der Waals surface area contributed by atoms with E-state index in [0.717, 1.165) is 0 Å². The van der Waals surface area contributed by atoms with Crippen molar-refractivity contribution in [2.75, 3.05) is 14.2 Å². The number of carbonyl (C=O) groups is 1. The average Bonchev–Trinajstić information content (AvgIpc) is 2.30. The Bertz CT molecular complexity index is 404. The number of carbonyl (C=O) groups excluding carboxylic acids is 1. The van der Waals surface area contributed by atoms with Crippen molar-refractivity contribution >= 4 is 12.4 Å². The van der Waals surface area contributed by atoms with Crippen LogP contribution in [0.1, 0.15) is 5.56 Å². The molecule has 0 amide bonds. The van der Waals surface area contributed by atoms with Gasteiger partial charge in [-0.3, -0.25) is 0 Å². The Kier molecular flexibility index (Phi) is 4.14. The lowest BCUT2D eigenvalue weighted by Crippen LogP contribution is -2.07. The molecular formula is C10H12N2O4. The van der Waals surface area contributed by atoms with Crippen LogP contribution in [0.15, 0.2) is 23.3 Å². The molecule has 1 aromatic carbocycles. The zero-order valence-electron chi connectivity index (χ0n) is 8.97. The molecule has 0 fully saturated rings. The Hall–Kier alpha value is -2.24. The number of benzene rings is 1. The fourth-order valence-corrected chi connectivity index (χ4v) is 1.10. The molecule has 86 valence electrons. The van der Waals surface area contributed by atoms with Gasteiger partial charge in [-0.25, -0.2) is 4.79 Å². The van der Waals surface area contributed by atoms with Crippen molar-refractivity contribution in [2.24, 2.45) is 10.9 Å². The summed E-state index contributed by atoms with van der Waals surface area (Å²) in [6.07, 6.45) is 0.601. The summed E-state index contributed by atoms with van der Waals surface area (Å²) >= 11 is 0. The first-order valence-electron chi connectivity index (χ1n) is 4.38. The first kappa shape index (κ1) is 11.8. The quantitative estimate of drug-likeness (QED) is 0.273. The van der Waals surface area contributed by atoms with Crippen molar-refractivity contribution in [3.8, 4) is 11.5 Å². The van der Waals surface area contributed by atoms with E-state index >= 15 is 0 Å². The van der Waals surface area contributed by atoms with E-state index in [1.165, 1.54) is 20.4 Å². The smallest absolute Gasteiger partial charge is 0.496 e. The molecule has 6 heteroatoms. The van der Waals surface area contributed by atoms with Crippen molar-refractivity contribution in [3.63, 3.8) is 0 Å². The van der Waals surface area contributed by atoms with Gasteiger partial charge in [0, 0.05) is 5.56 Å². The number of hydrogen-bond donors (Lipinski definition) is 1. The molecule has 1 rings (SSSR count). The number of nitrogens with two attached hydrogens (primary N) is 1. The molecule has 0 aliphatic carbocycles. The monoisotopic (exact) mass is 224 g/mol. The summed E-state index contributed by atoms with van der Waals surface area (Å²) in [6.45, 7) is 0. The molecule has 0 heterocycles. The summed E-state index contributed by atoms with van der Waals surface area (Å²) in [5, 5.41) is 3.38. The van der Waals surface area contributed by atoms with Gasteiger partial charge in [0.1, 0.15) is 11.5 Å². The SMILES string of the molecule is COC(=O)Oc1ccc(OC)c(C=NN)c1. The summed E-state index contributed by atoms with van der Waals surface area (Å²) in [6, 6.07) is 4.77. The Labute approximate surface area is 92.6 Å². The highest BCUT2D eigenvalue weighted by molar-refractivity contribution is 5.84. The summed E-state index contributed by atoms with van der Waals surface area (Å²) in [5.74, 6) is 5.94. The van der Waals surface area contributed by atoms with Crippen molar-refractivity contribution in [1.82, 2.24) is 0 Å². The van der Waals surface area contributed by atoms with Gasteiger partial charge in [-0.05, 0) is 18.2 Å². The van der Waals surface area contributed by atoms with E-state index in [1.54, 1.807) is 18.2 Å². The molecule has 0 saturated carbocycles. The predicted molar refractivity (Wildman–Crippen MR) is 57.8 cm³/mol. The lowest BCUT2D eigenvalue weighted by molar-refractivity contribution is 0.121. The summed E-state index contributed by atoms with van der Waals surface area (Å²) in [4.78, 5) is 10.9. The highest BCUT2D eigenvalue weighted by Crippen LogP contribution is 2.22. The Balaban J connectivity index is 2.97. The Morgan fingerprint density at radius 1 is 1.44 bits per heavy atom. The second kappa shape index (κ2) is 5.59. The van der Waals surface area contributed by atoms with Gasteiger partial charge in [-0.1, -0.05) is 0 Å². The van der Waals surface area contributed by atoms with Gasteiger partial charge in [0.2, 0.25) is 0 Å². The predicted octanol–water partition coefficient (Wildman–Crippen LogP) is 1.13. The van der Waals surface area contributed by atoms with Gasteiger partial charge in [0.25, 0.3) is 0 Å². The second-order valence-corrected chi connectivity index (χ2v) is 2.74. The molecule has 0 bridgehead atoms. The molecule has 0 aromatic heterocycles. The van der Waals surface area contributed by atoms with Gasteiger partial charge >= 0.3 is 6.16 Å². The van der Waals surface area contributed by atoms with Crippen LogP contribution in [0, 0.1) is 0 Å². The fraction of sp³-hybridized carbons (Fsp3) is 0.200. The molecule has 6 nitrogen and oxygen atoms in total. The first-order valence-corrected chi connectivity index (χ1v) is 4.38. The van der Waals surface area contributed by atoms with Crippen LogP contribution in [0.2, 0.25) is 0 Å². The molecule has 1 aromatic rings. The summed E-state index contributed by atoms with van der Waals surface area (Å²) in [5.41, 5.74) is 0.603. The third kappa shape index (κ3) is 2.88. The molecule has 0 aliphatic rings. The maximum atomic E-state index is 10.9. The van der Waals surface area contributed by atoms with E-state index in [2.05, 4.69) is 9.84 Å². The first-order chi connectivity index (χ1) is 7.71. The average molecular weight is 224 g/mol. The molecule has 2 N–H and O–H groups in total. The van der Waals surface area contributed by atoms with Crippen molar-refractivity contribution in [2.45, 2.75) is 0 Å². The van der Waals surface area contributed by atoms with Crippen molar-refractivity contribution in [1.29, 1.82) is 0 Å². The van der Waals surface area contributed by atoms with E-state index in [4.69, 9.17) is 15.3 Å². The zero-order chi connectivity index (χ0) is 12.0. The number of ether oxygens (including phenoxy) is 3. The van der Waals surface area contributed by atoms with E-state index in [0.29, 0.717) is 17.1 Å². The van der Waals surface area contributed by atoms with E-state index in [-0.39, 0.29) is 0 Å². The molecule has 0 saturated heterocycles. The van der Waals surface area contributed by atoms with Crippen LogP contribution in [0.4, 0.5) is 4.79 Å². The normalized spacial score (nSPS) is 10.1. The number of nitrogens with zero attached hydrogens (tertiary/aromatic N) is 1. The lowest BCUT2D eigenvalue weighted by Gasteiger charge is -2.07. The number of methoxy groups -OCH3 is 2. The third-order valence-electron chi connectivity index (χ3n) is 1.78. The van der Waals surface area contributed by atoms with E-state index < -0.39 is 6.16 Å². The van der Waals surface area contributed by atoms with Crippen LogP contribution in [0.3, 0.4) is 0 Å². The largest absolute Gasteiger partial charge is 0.513 e. The van der Waals surface area contributed by atoms with Crippen molar-refractivity contribution < 1.29 is 19.0 Å². The standard InChI is InChI=1S/C10H12N2O4/c1-14-9-4-3-8(16-10(13)15-2)5-7(9)6-12-11/h3-6H,11H2,1-2H3. The summed E-state index contributed by atoms with van der Waals surface area (Å²) < 4.78 is 14.3. The minimum atomic E-state index is -0.791. The van der Waals surface area contributed by atoms with Crippen LogP contribution in [0.25, 0.3) is 0 Å². The fourth-order valence-electron chi connectivity index (χ4n) is 1.10. The highest BCUT2D eigenvalue weighted by Gasteiger charge is 2.07. The third-order valence-corrected chi connectivity index (χ3v) is 1.78. The highest BCUT2D eigenvalue weighted by atomic mass is 16.7. The van der Waals surface area contributed by atoms with Crippen LogP contribution >= 0.6 is 0 Å². The molecule has 0 radical (unpaired) electrons. The molecule has 16 heavy (non-hydrogen) atoms. The van der Waals surface area contributed by atoms with Gasteiger partial charge < -0.3 is 20.1 Å². The molecule has 0 aliphatic heterocycles. The van der Waals surface area contributed by atoms with Gasteiger partial charge in [0.15, 0.2) is 0 Å². The maximum absolute atomic E-state index is 10.9. The van der Waals surface area contributed by atoms with Crippen molar-refractivity contribution in [3.05, 3.63) is 23.8 Å². The number of hydrazone groups is 1. The second-order valence-electron chi connectivity index (χ2n) is 2.74. The van der Waals surface area contributed by atoms with Crippen LogP contribution in [-0.4, -0.2) is 26.6 Å². The van der Waals surface area contributed by atoms with E-state index in [9.17, 15) is 4.79 Å². The number of rotatable bonds is 3. The molecule has 0 unspecified atom stereocenters. The zero-order valence-corrected chi connectivity index (χ0v) is 8.97. The van der Waals surface area contributed by atoms with Gasteiger partial charge in [0.05, 0.1) is 20.4 Å². The molecule has 0 atom stereocenters. The molecule has 0 spiro atoms. The molecular weight excluding hydrogens is 212 g/mol. The van der Waals surface area contributed by atoms with E-state index in [1.807, 2.05) is 0 Å². The Morgan fingerprint density at radius 2 is 2.19 bits per heavy atom. The summed E-state index contributed by atoms with van der Waals surface area (Å²) in [7, 11) is 2.75. The van der Waals surface area contributed by atoms with Crippen LogP contribution in [-0.2, 0) is 4.74 Å². The van der Waals surface area contributed by atoms with Gasteiger partial charge in [-0.2, -0.15) is 5.10 Å². The van der Waals surface area contributed by atoms with Gasteiger partial charge in [-0.15, -0.1) is 0 Å². The Morgan fingerprint density at radius 3 is 2.75 bits per heavy atom. The minimum Gasteiger partial charge on any atom is -0.496 e. The minimum absolute atomic E-state index is 0.322. The topological polar surface area (TPSA) is 83.1 Å². The number of hydrogen-bond acceptors (Lipinski definition) is 6. The van der Waals surface area contributed by atoms with Crippen LogP contribution in [0.5, 0.6) is 11.5 Å². The lowest BCUT2D eigenvalue weighted by atomic mass is 10.2.